The second-order valence-electron chi connectivity index (χ2n) is 3.23. The van der Waals surface area contributed by atoms with Crippen molar-refractivity contribution >= 4 is 0 Å². The molecule has 1 N–H and O–H groups in total. The average molecular weight is 166 g/mol. The van der Waals surface area contributed by atoms with Crippen LogP contribution in [0.2, 0.25) is 0 Å². The maximum atomic E-state index is 3.29. The van der Waals surface area contributed by atoms with Gasteiger partial charge in [-0.1, -0.05) is 18.8 Å². The summed E-state index contributed by atoms with van der Waals surface area (Å²) in [6.45, 7) is 6.61. The number of nitrogens with zero attached hydrogens (tertiary/aromatic N) is 1. The lowest BCUT2D eigenvalue weighted by atomic mass is 10.1. The van der Waals surface area contributed by atoms with Crippen LogP contribution in [0.3, 0.4) is 0 Å². The van der Waals surface area contributed by atoms with Crippen LogP contribution in [-0.4, -0.2) is 38.1 Å². The number of rotatable bonds is 2. The molecule has 0 aromatic rings. The average Bonchev–Trinajstić information content (AvgIpc) is 2.53. The molecule has 12 heavy (non-hydrogen) atoms. The normalized spacial score (nSPS) is 23.7. The van der Waals surface area contributed by atoms with E-state index in [1.807, 2.05) is 7.05 Å². The minimum atomic E-state index is 0.623. The first-order chi connectivity index (χ1) is 5.86. The molecule has 68 valence electrons. The van der Waals surface area contributed by atoms with Crippen molar-refractivity contribution in [3.8, 4) is 11.8 Å². The molecule has 1 aliphatic heterocycles. The molecule has 1 fully saturated rings. The zero-order valence-corrected chi connectivity index (χ0v) is 8.06. The van der Waals surface area contributed by atoms with E-state index in [2.05, 4.69) is 29.0 Å². The lowest BCUT2D eigenvalue weighted by Crippen LogP contribution is -2.19. The summed E-state index contributed by atoms with van der Waals surface area (Å²) in [4.78, 5) is 2.46. The highest BCUT2D eigenvalue weighted by atomic mass is 15.1. The summed E-state index contributed by atoms with van der Waals surface area (Å²) in [5, 5.41) is 3.03. The molecule has 1 aliphatic rings. The Hall–Kier alpha value is -0.520. The van der Waals surface area contributed by atoms with Crippen molar-refractivity contribution in [2.24, 2.45) is 5.92 Å². The van der Waals surface area contributed by atoms with Gasteiger partial charge in [-0.05, 0) is 26.6 Å². The van der Waals surface area contributed by atoms with Crippen LogP contribution in [0.1, 0.15) is 13.3 Å². The lowest BCUT2D eigenvalue weighted by molar-refractivity contribution is 0.352. The van der Waals surface area contributed by atoms with Crippen LogP contribution in [-0.2, 0) is 0 Å². The molecule has 2 heteroatoms. The van der Waals surface area contributed by atoms with Crippen molar-refractivity contribution in [3.05, 3.63) is 0 Å². The molecule has 1 rings (SSSR count). The number of likely N-dealkylation sites (tertiary alicyclic amines) is 1. The quantitative estimate of drug-likeness (QED) is 0.603. The SMILES string of the molecule is CCN1CCC(C#CCNC)C1. The molecule has 0 bridgehead atoms. The molecule has 0 saturated carbocycles. The summed E-state index contributed by atoms with van der Waals surface area (Å²) in [6.07, 6.45) is 1.25. The second kappa shape index (κ2) is 5.18. The van der Waals surface area contributed by atoms with Crippen LogP contribution in [0.25, 0.3) is 0 Å². The zero-order chi connectivity index (χ0) is 8.81. The van der Waals surface area contributed by atoms with Crippen LogP contribution < -0.4 is 5.32 Å². The molecular weight excluding hydrogens is 148 g/mol. The fraction of sp³-hybridized carbons (Fsp3) is 0.800. The zero-order valence-electron chi connectivity index (χ0n) is 8.06. The van der Waals surface area contributed by atoms with E-state index in [0.29, 0.717) is 5.92 Å². The Bertz CT molecular complexity index is 178. The smallest absolute Gasteiger partial charge is 0.0574 e. The Morgan fingerprint density at radius 3 is 3.00 bits per heavy atom. The monoisotopic (exact) mass is 166 g/mol. The van der Waals surface area contributed by atoms with Crippen molar-refractivity contribution in [2.75, 3.05) is 33.2 Å². The van der Waals surface area contributed by atoms with Crippen molar-refractivity contribution in [1.29, 1.82) is 0 Å². The molecule has 0 aromatic carbocycles. The summed E-state index contributed by atoms with van der Waals surface area (Å²) < 4.78 is 0. The van der Waals surface area contributed by atoms with E-state index in [4.69, 9.17) is 0 Å². The minimum Gasteiger partial charge on any atom is -0.309 e. The van der Waals surface area contributed by atoms with Crippen molar-refractivity contribution in [3.63, 3.8) is 0 Å². The van der Waals surface area contributed by atoms with Gasteiger partial charge in [-0.2, -0.15) is 0 Å². The molecule has 1 unspecified atom stereocenters. The van der Waals surface area contributed by atoms with E-state index in [9.17, 15) is 0 Å². The highest BCUT2D eigenvalue weighted by Gasteiger charge is 2.18. The van der Waals surface area contributed by atoms with Crippen LogP contribution in [0.15, 0.2) is 0 Å². The third kappa shape index (κ3) is 2.84. The first-order valence-electron chi connectivity index (χ1n) is 4.72. The third-order valence-electron chi connectivity index (χ3n) is 2.29. The topological polar surface area (TPSA) is 15.3 Å². The summed E-state index contributed by atoms with van der Waals surface area (Å²) in [5.41, 5.74) is 0. The lowest BCUT2D eigenvalue weighted by Gasteiger charge is -2.09. The maximum absolute atomic E-state index is 3.29. The van der Waals surface area contributed by atoms with Crippen LogP contribution >= 0.6 is 0 Å². The number of hydrogen-bond donors (Lipinski definition) is 1. The van der Waals surface area contributed by atoms with Crippen molar-refractivity contribution in [2.45, 2.75) is 13.3 Å². The van der Waals surface area contributed by atoms with Gasteiger partial charge in [-0.3, -0.25) is 0 Å². The van der Waals surface area contributed by atoms with E-state index in [0.717, 1.165) is 6.54 Å². The van der Waals surface area contributed by atoms with Gasteiger partial charge >= 0.3 is 0 Å². The number of hydrogen-bond acceptors (Lipinski definition) is 2. The van der Waals surface area contributed by atoms with Gasteiger partial charge in [0.15, 0.2) is 0 Å². The first-order valence-corrected chi connectivity index (χ1v) is 4.72. The van der Waals surface area contributed by atoms with Crippen LogP contribution in [0.4, 0.5) is 0 Å². The third-order valence-corrected chi connectivity index (χ3v) is 2.29. The van der Waals surface area contributed by atoms with E-state index < -0.39 is 0 Å². The molecule has 0 amide bonds. The van der Waals surface area contributed by atoms with E-state index in [1.165, 1.54) is 26.1 Å². The molecule has 2 nitrogen and oxygen atoms in total. The summed E-state index contributed by atoms with van der Waals surface area (Å²) >= 11 is 0. The van der Waals surface area contributed by atoms with Crippen LogP contribution in [0.5, 0.6) is 0 Å². The molecule has 1 heterocycles. The van der Waals surface area contributed by atoms with E-state index in [1.54, 1.807) is 0 Å². The summed E-state index contributed by atoms with van der Waals surface area (Å²) in [5.74, 6) is 7.05. The minimum absolute atomic E-state index is 0.623. The van der Waals surface area contributed by atoms with Crippen molar-refractivity contribution in [1.82, 2.24) is 10.2 Å². The molecule has 0 aliphatic carbocycles. The highest BCUT2D eigenvalue weighted by Crippen LogP contribution is 2.13. The molecular formula is C10H18N2. The van der Waals surface area contributed by atoms with Gasteiger partial charge in [-0.15, -0.1) is 0 Å². The van der Waals surface area contributed by atoms with E-state index in [-0.39, 0.29) is 0 Å². The predicted octanol–water partition coefficient (Wildman–Crippen LogP) is 0.551. The Morgan fingerprint density at radius 1 is 1.58 bits per heavy atom. The second-order valence-corrected chi connectivity index (χ2v) is 3.23. The number of nitrogens with one attached hydrogen (secondary N) is 1. The maximum Gasteiger partial charge on any atom is 0.0574 e. The van der Waals surface area contributed by atoms with Crippen molar-refractivity contribution < 1.29 is 0 Å². The van der Waals surface area contributed by atoms with Gasteiger partial charge in [-0.25, -0.2) is 0 Å². The fourth-order valence-electron chi connectivity index (χ4n) is 1.52. The molecule has 0 radical (unpaired) electrons. The fourth-order valence-corrected chi connectivity index (χ4v) is 1.52. The first kappa shape index (κ1) is 9.57. The predicted molar refractivity (Wildman–Crippen MR) is 51.9 cm³/mol. The van der Waals surface area contributed by atoms with Gasteiger partial charge < -0.3 is 10.2 Å². The molecule has 0 aromatic heterocycles. The van der Waals surface area contributed by atoms with Gasteiger partial charge in [0.25, 0.3) is 0 Å². The van der Waals surface area contributed by atoms with Gasteiger partial charge in [0.2, 0.25) is 0 Å². The largest absolute Gasteiger partial charge is 0.309 e. The van der Waals surface area contributed by atoms with Crippen LogP contribution in [0, 0.1) is 17.8 Å². The summed E-state index contributed by atoms with van der Waals surface area (Å²) in [7, 11) is 1.93. The highest BCUT2D eigenvalue weighted by molar-refractivity contribution is 5.07. The summed E-state index contributed by atoms with van der Waals surface area (Å²) in [6, 6.07) is 0. The standard InChI is InChI=1S/C10H18N2/c1-3-12-8-6-10(9-12)5-4-7-11-2/h10-11H,3,6-9H2,1-2H3. The Morgan fingerprint density at radius 2 is 2.42 bits per heavy atom. The van der Waals surface area contributed by atoms with E-state index >= 15 is 0 Å². The van der Waals surface area contributed by atoms with Gasteiger partial charge in [0, 0.05) is 12.5 Å². The van der Waals surface area contributed by atoms with Gasteiger partial charge in [0.05, 0.1) is 6.54 Å². The van der Waals surface area contributed by atoms with Gasteiger partial charge in [0.1, 0.15) is 0 Å². The molecule has 1 atom stereocenters. The Labute approximate surface area is 75.3 Å². The molecule has 1 saturated heterocycles. The molecule has 0 spiro atoms. The Kier molecular flexibility index (Phi) is 4.13. The Balaban J connectivity index is 2.24.